The lowest BCUT2D eigenvalue weighted by Crippen LogP contribution is -2.32. The molecule has 0 saturated carbocycles. The summed E-state index contributed by atoms with van der Waals surface area (Å²) < 4.78 is 38.2. The summed E-state index contributed by atoms with van der Waals surface area (Å²) in [5.41, 5.74) is 0.296. The monoisotopic (exact) mass is 412 g/mol. The van der Waals surface area contributed by atoms with Crippen molar-refractivity contribution in [3.8, 4) is 0 Å². The number of alkyl halides is 3. The topological polar surface area (TPSA) is 79.2 Å². The summed E-state index contributed by atoms with van der Waals surface area (Å²) in [5, 5.41) is 20.2. The van der Waals surface area contributed by atoms with Crippen LogP contribution in [0.5, 0.6) is 0 Å². The summed E-state index contributed by atoms with van der Waals surface area (Å²) in [7, 11) is 0. The summed E-state index contributed by atoms with van der Waals surface area (Å²) in [6.07, 6.45) is -3.80. The largest absolute Gasteiger partial charge is 0.416 e. The fraction of sp³-hybridized carbons (Fsp3) is 0.278. The standard InChI is InChI=1S/C18H19F3N4O2S/c1-2-12-5-3-4-6-14(12)24-17(28)23-10-9-22-15-8-7-13(18(19,20)21)11-16(15)25(26)27/h3-8,11,22H,2,9-10H2,1H3,(H2,23,24,28). The zero-order valence-corrected chi connectivity index (χ0v) is 15.8. The Hall–Kier alpha value is -2.88. The third kappa shape index (κ3) is 5.81. The first-order valence-electron chi connectivity index (χ1n) is 8.44. The van der Waals surface area contributed by atoms with Crippen LogP contribution in [0.3, 0.4) is 0 Å². The molecule has 2 rings (SSSR count). The second-order valence-electron chi connectivity index (χ2n) is 5.81. The van der Waals surface area contributed by atoms with E-state index in [1.807, 2.05) is 31.2 Å². The van der Waals surface area contributed by atoms with E-state index in [0.29, 0.717) is 17.7 Å². The molecule has 2 aromatic carbocycles. The lowest BCUT2D eigenvalue weighted by Gasteiger charge is -2.14. The van der Waals surface area contributed by atoms with Crippen molar-refractivity contribution in [2.24, 2.45) is 0 Å². The van der Waals surface area contributed by atoms with Gasteiger partial charge in [-0.1, -0.05) is 25.1 Å². The van der Waals surface area contributed by atoms with Crippen LogP contribution >= 0.6 is 12.2 Å². The number of nitro groups is 1. The van der Waals surface area contributed by atoms with E-state index >= 15 is 0 Å². The highest BCUT2D eigenvalue weighted by atomic mass is 32.1. The van der Waals surface area contributed by atoms with Crippen molar-refractivity contribution in [2.45, 2.75) is 19.5 Å². The molecule has 28 heavy (non-hydrogen) atoms. The fourth-order valence-corrected chi connectivity index (χ4v) is 2.71. The number of hydrogen-bond donors (Lipinski definition) is 3. The van der Waals surface area contributed by atoms with E-state index in [0.717, 1.165) is 29.8 Å². The lowest BCUT2D eigenvalue weighted by atomic mass is 10.1. The van der Waals surface area contributed by atoms with E-state index in [-0.39, 0.29) is 12.2 Å². The molecule has 0 spiro atoms. The summed E-state index contributed by atoms with van der Waals surface area (Å²) in [6.45, 7) is 2.57. The van der Waals surface area contributed by atoms with Crippen molar-refractivity contribution < 1.29 is 18.1 Å². The van der Waals surface area contributed by atoms with Crippen LogP contribution in [0.4, 0.5) is 30.2 Å². The van der Waals surface area contributed by atoms with Crippen LogP contribution in [-0.2, 0) is 12.6 Å². The van der Waals surface area contributed by atoms with Gasteiger partial charge in [0.15, 0.2) is 5.11 Å². The number of para-hydroxylation sites is 1. The van der Waals surface area contributed by atoms with Crippen molar-refractivity contribution in [3.05, 3.63) is 63.7 Å². The number of anilines is 2. The van der Waals surface area contributed by atoms with Crippen molar-refractivity contribution in [2.75, 3.05) is 23.7 Å². The van der Waals surface area contributed by atoms with E-state index in [1.165, 1.54) is 0 Å². The molecule has 2 aromatic rings. The Morgan fingerprint density at radius 3 is 2.50 bits per heavy atom. The summed E-state index contributed by atoms with van der Waals surface area (Å²) in [5.74, 6) is 0. The highest BCUT2D eigenvalue weighted by Crippen LogP contribution is 2.34. The van der Waals surface area contributed by atoms with Gasteiger partial charge in [-0.2, -0.15) is 13.2 Å². The Balaban J connectivity index is 1.91. The molecule has 0 radical (unpaired) electrons. The predicted molar refractivity (Wildman–Crippen MR) is 107 cm³/mol. The third-order valence-corrected chi connectivity index (χ3v) is 4.14. The average Bonchev–Trinajstić information content (AvgIpc) is 2.64. The number of nitrogens with one attached hydrogen (secondary N) is 3. The molecule has 0 aromatic heterocycles. The number of nitrogens with zero attached hydrogens (tertiary/aromatic N) is 1. The normalized spacial score (nSPS) is 11.0. The minimum absolute atomic E-state index is 0.00926. The van der Waals surface area contributed by atoms with Crippen molar-refractivity contribution >= 4 is 34.4 Å². The quantitative estimate of drug-likeness (QED) is 0.268. The van der Waals surface area contributed by atoms with Crippen molar-refractivity contribution in [3.63, 3.8) is 0 Å². The highest BCUT2D eigenvalue weighted by molar-refractivity contribution is 7.80. The molecule has 0 amide bonds. The average molecular weight is 412 g/mol. The second-order valence-corrected chi connectivity index (χ2v) is 6.21. The first-order chi connectivity index (χ1) is 13.2. The zero-order chi connectivity index (χ0) is 20.7. The summed E-state index contributed by atoms with van der Waals surface area (Å²) in [4.78, 5) is 10.2. The molecule has 0 aliphatic rings. The van der Waals surface area contributed by atoms with E-state index < -0.39 is 22.4 Å². The van der Waals surface area contributed by atoms with Gasteiger partial charge < -0.3 is 16.0 Å². The first kappa shape index (κ1) is 21.4. The molecule has 0 saturated heterocycles. The minimum atomic E-state index is -4.64. The van der Waals surface area contributed by atoms with Crippen LogP contribution < -0.4 is 16.0 Å². The predicted octanol–water partition coefficient (Wildman–Crippen LogP) is 4.57. The Morgan fingerprint density at radius 1 is 1.14 bits per heavy atom. The van der Waals surface area contributed by atoms with Gasteiger partial charge in [0.1, 0.15) is 5.69 Å². The molecule has 0 atom stereocenters. The van der Waals surface area contributed by atoms with E-state index in [9.17, 15) is 23.3 Å². The van der Waals surface area contributed by atoms with Gasteiger partial charge in [0.05, 0.1) is 10.5 Å². The van der Waals surface area contributed by atoms with Gasteiger partial charge in [-0.3, -0.25) is 10.1 Å². The molecule has 0 unspecified atom stereocenters. The maximum atomic E-state index is 12.7. The maximum Gasteiger partial charge on any atom is 0.416 e. The highest BCUT2D eigenvalue weighted by Gasteiger charge is 2.32. The number of thiocarbonyl (C=S) groups is 1. The van der Waals surface area contributed by atoms with Crippen molar-refractivity contribution in [1.29, 1.82) is 0 Å². The van der Waals surface area contributed by atoms with E-state index in [4.69, 9.17) is 12.2 Å². The van der Waals surface area contributed by atoms with Gasteiger partial charge in [-0.05, 0) is 42.4 Å². The Labute approximate surface area is 165 Å². The van der Waals surface area contributed by atoms with Crippen LogP contribution in [0.1, 0.15) is 18.1 Å². The second kappa shape index (κ2) is 9.36. The van der Waals surface area contributed by atoms with Gasteiger partial charge in [0.2, 0.25) is 0 Å². The number of halogens is 3. The number of nitro benzene ring substituents is 1. The summed E-state index contributed by atoms with van der Waals surface area (Å²) >= 11 is 5.22. The smallest absolute Gasteiger partial charge is 0.378 e. The van der Waals surface area contributed by atoms with Gasteiger partial charge in [-0.25, -0.2) is 0 Å². The number of rotatable bonds is 7. The van der Waals surface area contributed by atoms with Crippen molar-refractivity contribution in [1.82, 2.24) is 5.32 Å². The molecular weight excluding hydrogens is 393 g/mol. The molecule has 3 N–H and O–H groups in total. The molecule has 10 heteroatoms. The number of hydrogen-bond acceptors (Lipinski definition) is 4. The van der Waals surface area contributed by atoms with Gasteiger partial charge in [0, 0.05) is 24.8 Å². The molecular formula is C18H19F3N4O2S. The fourth-order valence-electron chi connectivity index (χ4n) is 2.50. The first-order valence-corrected chi connectivity index (χ1v) is 8.85. The minimum Gasteiger partial charge on any atom is -0.378 e. The van der Waals surface area contributed by atoms with Gasteiger partial charge in [-0.15, -0.1) is 0 Å². The lowest BCUT2D eigenvalue weighted by molar-refractivity contribution is -0.384. The van der Waals surface area contributed by atoms with Crippen LogP contribution in [0.25, 0.3) is 0 Å². The number of benzene rings is 2. The maximum absolute atomic E-state index is 12.7. The zero-order valence-electron chi connectivity index (χ0n) is 15.0. The van der Waals surface area contributed by atoms with Gasteiger partial charge >= 0.3 is 6.18 Å². The van der Waals surface area contributed by atoms with Gasteiger partial charge in [0.25, 0.3) is 5.69 Å². The molecule has 0 heterocycles. The molecule has 150 valence electrons. The van der Waals surface area contributed by atoms with Crippen LogP contribution in [-0.4, -0.2) is 23.1 Å². The van der Waals surface area contributed by atoms with Crippen LogP contribution in [0.15, 0.2) is 42.5 Å². The Morgan fingerprint density at radius 2 is 1.86 bits per heavy atom. The Bertz CT molecular complexity index is 859. The molecule has 0 fully saturated rings. The van der Waals surface area contributed by atoms with Crippen LogP contribution in [0, 0.1) is 10.1 Å². The third-order valence-electron chi connectivity index (χ3n) is 3.89. The van der Waals surface area contributed by atoms with E-state index in [2.05, 4.69) is 16.0 Å². The number of aryl methyl sites for hydroxylation is 1. The van der Waals surface area contributed by atoms with E-state index in [1.54, 1.807) is 0 Å². The summed E-state index contributed by atoms with van der Waals surface area (Å²) in [6, 6.07) is 10.1. The Kier molecular flexibility index (Phi) is 7.16. The molecule has 0 aliphatic carbocycles. The molecule has 0 bridgehead atoms. The molecule has 6 nitrogen and oxygen atoms in total. The SMILES string of the molecule is CCc1ccccc1NC(=S)NCCNc1ccc(C(F)(F)F)cc1[N+](=O)[O-]. The van der Waals surface area contributed by atoms with Crippen LogP contribution in [0.2, 0.25) is 0 Å². The molecule has 0 aliphatic heterocycles.